The van der Waals surface area contributed by atoms with Crippen molar-refractivity contribution in [3.63, 3.8) is 0 Å². The number of methoxy groups -OCH3 is 1. The van der Waals surface area contributed by atoms with Crippen molar-refractivity contribution in [2.75, 3.05) is 13.7 Å². The lowest BCUT2D eigenvalue weighted by Gasteiger charge is -2.18. The molecule has 2 N–H and O–H groups in total. The lowest BCUT2D eigenvalue weighted by atomic mass is 9.90. The van der Waals surface area contributed by atoms with E-state index in [2.05, 4.69) is 42.7 Å². The van der Waals surface area contributed by atoms with Crippen LogP contribution >= 0.6 is 11.3 Å². The molecular weight excluding hydrogens is 306 g/mol. The van der Waals surface area contributed by atoms with Gasteiger partial charge in [-0.2, -0.15) is 0 Å². The van der Waals surface area contributed by atoms with Crippen LogP contribution < -0.4 is 10.5 Å². The van der Waals surface area contributed by atoms with E-state index in [0.29, 0.717) is 6.54 Å². The number of hydrogen-bond acceptors (Lipinski definition) is 4. The first-order valence-corrected chi connectivity index (χ1v) is 8.67. The van der Waals surface area contributed by atoms with Crippen molar-refractivity contribution in [1.29, 1.82) is 0 Å². The van der Waals surface area contributed by atoms with E-state index in [1.165, 1.54) is 11.4 Å². The SMILES string of the molecule is COc1ccc(-c2csc3nc(C(C)(C)C)c(CCN)n23)cc1. The van der Waals surface area contributed by atoms with Crippen LogP contribution in [0.4, 0.5) is 0 Å². The second-order valence-corrected chi connectivity index (χ2v) is 7.50. The molecule has 23 heavy (non-hydrogen) atoms. The summed E-state index contributed by atoms with van der Waals surface area (Å²) in [5.41, 5.74) is 10.6. The molecule has 0 radical (unpaired) electrons. The Morgan fingerprint density at radius 2 is 1.91 bits per heavy atom. The molecule has 3 aromatic rings. The molecule has 0 atom stereocenters. The number of ether oxygens (including phenoxy) is 1. The fourth-order valence-corrected chi connectivity index (χ4v) is 3.76. The van der Waals surface area contributed by atoms with Crippen LogP contribution in [0, 0.1) is 0 Å². The Hall–Kier alpha value is -1.85. The van der Waals surface area contributed by atoms with Crippen LogP contribution in [0.5, 0.6) is 5.75 Å². The highest BCUT2D eigenvalue weighted by atomic mass is 32.1. The van der Waals surface area contributed by atoms with Crippen LogP contribution in [0.15, 0.2) is 29.6 Å². The van der Waals surface area contributed by atoms with Gasteiger partial charge in [0, 0.05) is 22.9 Å². The zero-order valence-corrected chi connectivity index (χ0v) is 14.9. The molecule has 0 aliphatic heterocycles. The number of nitrogens with zero attached hydrogens (tertiary/aromatic N) is 2. The summed E-state index contributed by atoms with van der Waals surface area (Å²) < 4.78 is 7.52. The number of rotatable bonds is 4. The lowest BCUT2D eigenvalue weighted by molar-refractivity contribution is 0.415. The molecule has 0 fully saturated rings. The van der Waals surface area contributed by atoms with E-state index in [0.717, 1.165) is 28.4 Å². The van der Waals surface area contributed by atoms with Crippen molar-refractivity contribution in [1.82, 2.24) is 9.38 Å². The van der Waals surface area contributed by atoms with Crippen molar-refractivity contribution in [2.24, 2.45) is 5.73 Å². The average molecular weight is 329 g/mol. The van der Waals surface area contributed by atoms with Gasteiger partial charge >= 0.3 is 0 Å². The highest BCUT2D eigenvalue weighted by Gasteiger charge is 2.25. The molecule has 3 rings (SSSR count). The summed E-state index contributed by atoms with van der Waals surface area (Å²) in [6, 6.07) is 8.15. The Balaban J connectivity index is 2.19. The molecule has 4 nitrogen and oxygen atoms in total. The van der Waals surface area contributed by atoms with E-state index in [1.807, 2.05) is 12.1 Å². The van der Waals surface area contributed by atoms with Gasteiger partial charge in [-0.3, -0.25) is 4.40 Å². The average Bonchev–Trinajstić information content (AvgIpc) is 3.08. The first-order valence-electron chi connectivity index (χ1n) is 7.79. The quantitative estimate of drug-likeness (QED) is 0.790. The summed E-state index contributed by atoms with van der Waals surface area (Å²) in [7, 11) is 1.68. The minimum atomic E-state index is 0.00736. The van der Waals surface area contributed by atoms with Crippen LogP contribution in [0.2, 0.25) is 0 Å². The summed E-state index contributed by atoms with van der Waals surface area (Å²) in [4.78, 5) is 5.92. The lowest BCUT2D eigenvalue weighted by Crippen LogP contribution is -2.17. The zero-order chi connectivity index (χ0) is 16.6. The number of nitrogens with two attached hydrogens (primary N) is 1. The molecule has 0 saturated heterocycles. The molecule has 122 valence electrons. The highest BCUT2D eigenvalue weighted by Crippen LogP contribution is 2.34. The minimum absolute atomic E-state index is 0.00736. The van der Waals surface area contributed by atoms with Gasteiger partial charge in [-0.1, -0.05) is 20.8 Å². The number of aromatic nitrogens is 2. The molecule has 1 aromatic carbocycles. The molecule has 5 heteroatoms. The minimum Gasteiger partial charge on any atom is -0.497 e. The topological polar surface area (TPSA) is 52.5 Å². The summed E-state index contributed by atoms with van der Waals surface area (Å²) in [6.07, 6.45) is 0.827. The first-order chi connectivity index (χ1) is 11.0. The molecule has 0 saturated carbocycles. The fraction of sp³-hybridized carbons (Fsp3) is 0.389. The monoisotopic (exact) mass is 329 g/mol. The summed E-state index contributed by atoms with van der Waals surface area (Å²) in [5.74, 6) is 0.864. The van der Waals surface area contributed by atoms with E-state index < -0.39 is 0 Å². The van der Waals surface area contributed by atoms with Crippen molar-refractivity contribution in [3.8, 4) is 17.0 Å². The van der Waals surface area contributed by atoms with Crippen LogP contribution in [-0.2, 0) is 11.8 Å². The maximum atomic E-state index is 5.86. The van der Waals surface area contributed by atoms with Crippen LogP contribution in [0.3, 0.4) is 0 Å². The Bertz CT molecular complexity index is 809. The maximum Gasteiger partial charge on any atom is 0.194 e. The van der Waals surface area contributed by atoms with Crippen molar-refractivity contribution in [2.45, 2.75) is 32.6 Å². The van der Waals surface area contributed by atoms with Gasteiger partial charge in [0.2, 0.25) is 0 Å². The number of imidazole rings is 1. The Kier molecular flexibility index (Phi) is 4.17. The predicted molar refractivity (Wildman–Crippen MR) is 96.5 cm³/mol. The standard InChI is InChI=1S/C18H23N3OS/c1-18(2,3)16-14(9-10-19)21-15(11-23-17(21)20-16)12-5-7-13(22-4)8-6-12/h5-8,11H,9-10,19H2,1-4H3. The normalized spacial score (nSPS) is 12.0. The molecule has 0 spiro atoms. The third kappa shape index (κ3) is 2.86. The van der Waals surface area contributed by atoms with Crippen LogP contribution in [-0.4, -0.2) is 23.0 Å². The molecule has 0 aliphatic carbocycles. The number of hydrogen-bond donors (Lipinski definition) is 1. The van der Waals surface area contributed by atoms with Gasteiger partial charge < -0.3 is 10.5 Å². The van der Waals surface area contributed by atoms with Gasteiger partial charge in [0.1, 0.15) is 5.75 Å². The van der Waals surface area contributed by atoms with Gasteiger partial charge in [-0.15, -0.1) is 11.3 Å². The fourth-order valence-electron chi connectivity index (χ4n) is 2.85. The molecular formula is C18H23N3OS. The maximum absolute atomic E-state index is 5.86. The first kappa shape index (κ1) is 16.0. The van der Waals surface area contributed by atoms with E-state index >= 15 is 0 Å². The molecule has 2 heterocycles. The van der Waals surface area contributed by atoms with Gasteiger partial charge in [0.25, 0.3) is 0 Å². The van der Waals surface area contributed by atoms with Gasteiger partial charge in [-0.25, -0.2) is 4.98 Å². The van der Waals surface area contributed by atoms with E-state index in [1.54, 1.807) is 18.4 Å². The highest BCUT2D eigenvalue weighted by molar-refractivity contribution is 7.15. The predicted octanol–water partition coefficient (Wildman–Crippen LogP) is 3.87. The summed E-state index contributed by atoms with van der Waals surface area (Å²) in [6.45, 7) is 7.22. The largest absolute Gasteiger partial charge is 0.497 e. The third-order valence-corrected chi connectivity index (χ3v) is 4.76. The Morgan fingerprint density at radius 1 is 1.22 bits per heavy atom. The van der Waals surface area contributed by atoms with Gasteiger partial charge in [0.15, 0.2) is 4.96 Å². The molecule has 2 aromatic heterocycles. The van der Waals surface area contributed by atoms with Gasteiger partial charge in [-0.05, 0) is 36.4 Å². The van der Waals surface area contributed by atoms with Crippen LogP contribution in [0.25, 0.3) is 16.2 Å². The van der Waals surface area contributed by atoms with E-state index in [-0.39, 0.29) is 5.41 Å². The number of thiazole rings is 1. The van der Waals surface area contributed by atoms with Crippen molar-refractivity contribution in [3.05, 3.63) is 41.0 Å². The molecule has 0 bridgehead atoms. The number of fused-ring (bicyclic) bond motifs is 1. The second kappa shape index (κ2) is 5.98. The Morgan fingerprint density at radius 3 is 2.48 bits per heavy atom. The summed E-state index contributed by atoms with van der Waals surface area (Å²) in [5, 5.41) is 2.16. The zero-order valence-electron chi connectivity index (χ0n) is 14.1. The van der Waals surface area contributed by atoms with Gasteiger partial charge in [0.05, 0.1) is 18.5 Å². The summed E-state index contributed by atoms with van der Waals surface area (Å²) >= 11 is 1.68. The number of benzene rings is 1. The van der Waals surface area contributed by atoms with E-state index in [4.69, 9.17) is 15.5 Å². The van der Waals surface area contributed by atoms with Crippen molar-refractivity contribution >= 4 is 16.3 Å². The van der Waals surface area contributed by atoms with Crippen molar-refractivity contribution < 1.29 is 4.74 Å². The third-order valence-electron chi connectivity index (χ3n) is 3.94. The molecule has 0 unspecified atom stereocenters. The second-order valence-electron chi connectivity index (χ2n) is 6.66. The molecule has 0 aliphatic rings. The Labute approximate surface area is 140 Å². The van der Waals surface area contributed by atoms with Crippen LogP contribution in [0.1, 0.15) is 32.2 Å². The molecule has 0 amide bonds. The van der Waals surface area contributed by atoms with E-state index in [9.17, 15) is 0 Å². The smallest absolute Gasteiger partial charge is 0.194 e.